The fraction of sp³-hybridized carbons (Fsp3) is 0.708. The van der Waals surface area contributed by atoms with Crippen LogP contribution >= 0.6 is 0 Å². The minimum absolute atomic E-state index is 0.0725. The van der Waals surface area contributed by atoms with Gasteiger partial charge in [-0.05, 0) is 83.6 Å². The van der Waals surface area contributed by atoms with Crippen LogP contribution in [0.2, 0.25) is 0 Å². The average Bonchev–Trinajstić information content (AvgIpc) is 3.09. The number of carbonyl (C=O) groups is 2. The Balaban J connectivity index is 1.52. The Morgan fingerprint density at radius 1 is 1.27 bits per heavy atom. The van der Waals surface area contributed by atoms with E-state index in [0.717, 1.165) is 32.1 Å². The molecule has 3 N–H and O–H groups in total. The van der Waals surface area contributed by atoms with Crippen molar-refractivity contribution in [2.24, 2.45) is 17.8 Å². The number of hydrogen-bond donors (Lipinski definition) is 3. The molecular weight excluding hydrogens is 424 g/mol. The van der Waals surface area contributed by atoms with Crippen molar-refractivity contribution in [2.75, 3.05) is 7.11 Å². The van der Waals surface area contributed by atoms with Crippen LogP contribution in [0.4, 0.5) is 4.79 Å². The summed E-state index contributed by atoms with van der Waals surface area (Å²) in [5.74, 6) is 1.37. The molecule has 4 bridgehead atoms. The molecule has 4 fully saturated rings. The number of nitrogens with zero attached hydrogens (tertiary/aromatic N) is 2. The molecule has 0 saturated heterocycles. The molecule has 4 aliphatic rings. The van der Waals surface area contributed by atoms with Crippen LogP contribution in [0, 0.1) is 17.8 Å². The monoisotopic (exact) mass is 460 g/mol. The molecule has 1 heterocycles. The minimum Gasteiger partial charge on any atom is -0.474 e. The predicted octanol–water partition coefficient (Wildman–Crippen LogP) is 2.95. The Morgan fingerprint density at radius 3 is 2.52 bits per heavy atom. The predicted molar refractivity (Wildman–Crippen MR) is 123 cm³/mol. The van der Waals surface area contributed by atoms with Crippen molar-refractivity contribution in [3.8, 4) is 5.88 Å². The van der Waals surface area contributed by atoms with Crippen LogP contribution in [0.25, 0.3) is 6.20 Å². The third kappa shape index (κ3) is 5.03. The molecule has 0 spiro atoms. The lowest BCUT2D eigenvalue weighted by Crippen LogP contribution is -2.61. The molecule has 4 saturated carbocycles. The van der Waals surface area contributed by atoms with E-state index in [9.17, 15) is 14.7 Å². The van der Waals surface area contributed by atoms with Gasteiger partial charge >= 0.3 is 6.09 Å². The first kappa shape index (κ1) is 23.6. The van der Waals surface area contributed by atoms with E-state index < -0.39 is 17.2 Å². The lowest BCUT2D eigenvalue weighted by molar-refractivity contribution is -0.136. The summed E-state index contributed by atoms with van der Waals surface area (Å²) in [7, 11) is 1.31. The van der Waals surface area contributed by atoms with Gasteiger partial charge in [0.05, 0.1) is 30.6 Å². The molecule has 9 nitrogen and oxygen atoms in total. The maximum Gasteiger partial charge on any atom is 0.407 e. The van der Waals surface area contributed by atoms with Crippen LogP contribution < -0.4 is 15.4 Å². The summed E-state index contributed by atoms with van der Waals surface area (Å²) in [4.78, 5) is 24.9. The topological polar surface area (TPSA) is 115 Å². The van der Waals surface area contributed by atoms with Crippen molar-refractivity contribution in [1.82, 2.24) is 20.4 Å². The number of rotatable bonds is 7. The zero-order valence-corrected chi connectivity index (χ0v) is 20.1. The van der Waals surface area contributed by atoms with Crippen molar-refractivity contribution < 1.29 is 24.2 Å². The summed E-state index contributed by atoms with van der Waals surface area (Å²) in [5, 5.41) is 21.1. The summed E-state index contributed by atoms with van der Waals surface area (Å²) in [6.45, 7) is 7.43. The molecule has 0 radical (unpaired) electrons. The molecule has 1 aromatic rings. The lowest BCUT2D eigenvalue weighted by atomic mass is 9.52. The normalized spacial score (nSPS) is 30.6. The number of methoxy groups -OCH3 is 1. The lowest BCUT2D eigenvalue weighted by Gasteiger charge is -2.58. The van der Waals surface area contributed by atoms with Crippen LogP contribution in [0.3, 0.4) is 0 Å². The maximum atomic E-state index is 13.3. The first-order valence-corrected chi connectivity index (χ1v) is 11.8. The summed E-state index contributed by atoms with van der Waals surface area (Å²) in [5.41, 5.74) is -0.860. The van der Waals surface area contributed by atoms with Gasteiger partial charge in [-0.3, -0.25) is 4.79 Å². The van der Waals surface area contributed by atoms with E-state index in [2.05, 4.69) is 20.5 Å². The van der Waals surface area contributed by atoms with Gasteiger partial charge in [-0.1, -0.05) is 0 Å². The van der Waals surface area contributed by atoms with E-state index in [-0.39, 0.29) is 18.1 Å². The molecular formula is C24H36N4O5. The van der Waals surface area contributed by atoms with Gasteiger partial charge in [0, 0.05) is 12.2 Å². The largest absolute Gasteiger partial charge is 0.474 e. The highest BCUT2D eigenvalue weighted by Crippen LogP contribution is 2.55. The number of carbonyl (C=O) groups excluding carboxylic acids is 2. The summed E-state index contributed by atoms with van der Waals surface area (Å²) in [6.07, 6.45) is 8.84. The Bertz CT molecular complexity index is 921. The van der Waals surface area contributed by atoms with Gasteiger partial charge in [0.15, 0.2) is 0 Å². The highest BCUT2D eigenvalue weighted by Gasteiger charge is 2.55. The Hall–Kier alpha value is -2.55. The van der Waals surface area contributed by atoms with E-state index in [1.165, 1.54) is 18.0 Å². The molecule has 2 atom stereocenters. The van der Waals surface area contributed by atoms with E-state index in [1.54, 1.807) is 12.3 Å². The van der Waals surface area contributed by atoms with Gasteiger partial charge in [-0.15, -0.1) is 0 Å². The second-order valence-electron chi connectivity index (χ2n) is 10.8. The van der Waals surface area contributed by atoms with Gasteiger partial charge in [0.25, 0.3) is 5.91 Å². The van der Waals surface area contributed by atoms with Crippen LogP contribution in [0.1, 0.15) is 70.2 Å². The van der Waals surface area contributed by atoms with Gasteiger partial charge in [0.2, 0.25) is 5.88 Å². The Kier molecular flexibility index (Phi) is 6.20. The number of alkyl carbamates (subject to hydrolysis) is 1. The number of nitrogens with one attached hydrogen (secondary N) is 2. The molecule has 5 rings (SSSR count). The van der Waals surface area contributed by atoms with Crippen molar-refractivity contribution in [1.29, 1.82) is 0 Å². The van der Waals surface area contributed by atoms with Gasteiger partial charge in [-0.25, -0.2) is 9.48 Å². The molecule has 182 valence electrons. The van der Waals surface area contributed by atoms with Gasteiger partial charge < -0.3 is 25.2 Å². The minimum atomic E-state index is -0.697. The fourth-order valence-electron chi connectivity index (χ4n) is 6.01. The van der Waals surface area contributed by atoms with E-state index in [4.69, 9.17) is 4.74 Å². The molecule has 2 unspecified atom stereocenters. The standard InChI is InChI=1S/C24H36N4O5/c1-14(2)33-21-18(13-25-28(21)7-6-23(3,4)27-22(30)32-5)20(29)26-19-16-8-15-9-17(19)12-24(31,10-15)11-16/h6-7,13-17,19,31H,8-12H2,1-5H3,(H,26,29)(H,27,30). The number of hydrogen-bond acceptors (Lipinski definition) is 6. The van der Waals surface area contributed by atoms with E-state index in [1.807, 2.05) is 27.7 Å². The maximum absolute atomic E-state index is 13.3. The first-order valence-electron chi connectivity index (χ1n) is 11.8. The van der Waals surface area contributed by atoms with E-state index >= 15 is 0 Å². The third-order valence-electron chi connectivity index (χ3n) is 7.12. The second-order valence-corrected chi connectivity index (χ2v) is 10.8. The number of aromatic nitrogens is 2. The van der Waals surface area contributed by atoms with Crippen LogP contribution in [-0.4, -0.2) is 57.3 Å². The zero-order chi connectivity index (χ0) is 24.0. The van der Waals surface area contributed by atoms with Gasteiger partial charge in [0.1, 0.15) is 5.56 Å². The summed E-state index contributed by atoms with van der Waals surface area (Å²) >= 11 is 0. The SMILES string of the molecule is COC(=O)NC(C)(C)C=Cn1ncc(C(=O)NC2C3CC4CC2CC(O)(C4)C3)c1OC(C)C. The zero-order valence-electron chi connectivity index (χ0n) is 20.1. The molecule has 0 aromatic carbocycles. The quantitative estimate of drug-likeness (QED) is 0.576. The molecule has 33 heavy (non-hydrogen) atoms. The number of ether oxygens (including phenoxy) is 2. The highest BCUT2D eigenvalue weighted by molar-refractivity contribution is 5.96. The molecule has 9 heteroatoms. The molecule has 0 aliphatic heterocycles. The second kappa shape index (κ2) is 8.66. The van der Waals surface area contributed by atoms with Crippen LogP contribution in [0.15, 0.2) is 12.3 Å². The van der Waals surface area contributed by atoms with E-state index in [0.29, 0.717) is 29.2 Å². The van der Waals surface area contributed by atoms with Gasteiger partial charge in [-0.2, -0.15) is 5.10 Å². The number of amides is 2. The van der Waals surface area contributed by atoms with Crippen molar-refractivity contribution in [3.05, 3.63) is 17.8 Å². The Labute approximate surface area is 194 Å². The van der Waals surface area contributed by atoms with Crippen molar-refractivity contribution >= 4 is 18.2 Å². The fourth-order valence-corrected chi connectivity index (χ4v) is 6.01. The highest BCUT2D eigenvalue weighted by atomic mass is 16.5. The first-order chi connectivity index (χ1) is 15.5. The summed E-state index contributed by atoms with van der Waals surface area (Å²) in [6, 6.07) is 0.0725. The summed E-state index contributed by atoms with van der Waals surface area (Å²) < 4.78 is 12.1. The van der Waals surface area contributed by atoms with Crippen molar-refractivity contribution in [3.63, 3.8) is 0 Å². The molecule has 2 amide bonds. The van der Waals surface area contributed by atoms with Crippen LogP contribution in [0.5, 0.6) is 5.88 Å². The van der Waals surface area contributed by atoms with Crippen LogP contribution in [-0.2, 0) is 4.74 Å². The average molecular weight is 461 g/mol. The smallest absolute Gasteiger partial charge is 0.407 e. The third-order valence-corrected chi connectivity index (χ3v) is 7.12. The molecule has 4 aliphatic carbocycles. The van der Waals surface area contributed by atoms with Crippen molar-refractivity contribution in [2.45, 2.75) is 83.1 Å². The number of aliphatic hydroxyl groups is 1. The Morgan fingerprint density at radius 2 is 1.94 bits per heavy atom. The molecule has 1 aromatic heterocycles.